The van der Waals surface area contributed by atoms with Gasteiger partial charge in [-0.25, -0.2) is 0 Å². The maximum atomic E-state index is 12.8. The number of carboxylic acids is 1. The third-order valence-electron chi connectivity index (χ3n) is 3.62. The SMILES string of the molecule is CSc1ccc2c(=O)c3ccc(Cl)c(Br)c3n(CC(=O)O)c2c1. The number of halogens is 2. The number of pyridine rings is 1. The standard InChI is InChI=1S/C16H11BrClNO3S/c1-23-8-2-3-9-12(6-8)19(7-13(20)21)15-10(16(9)22)4-5-11(18)14(15)17/h2-6H,7H2,1H3,(H,20,21). The number of rotatable bonds is 3. The van der Waals surface area contributed by atoms with Gasteiger partial charge in [0.25, 0.3) is 0 Å². The molecule has 0 aliphatic carbocycles. The largest absolute Gasteiger partial charge is 0.480 e. The molecule has 4 nitrogen and oxygen atoms in total. The predicted octanol–water partition coefficient (Wildman–Crippen LogP) is 4.38. The van der Waals surface area contributed by atoms with E-state index < -0.39 is 5.97 Å². The van der Waals surface area contributed by atoms with Crippen molar-refractivity contribution in [3.8, 4) is 0 Å². The van der Waals surface area contributed by atoms with E-state index in [9.17, 15) is 14.7 Å². The van der Waals surface area contributed by atoms with Gasteiger partial charge in [-0.05, 0) is 52.5 Å². The van der Waals surface area contributed by atoms with Gasteiger partial charge in [0.15, 0.2) is 5.43 Å². The number of hydrogen-bond acceptors (Lipinski definition) is 3. The number of nitrogens with zero attached hydrogens (tertiary/aromatic N) is 1. The van der Waals surface area contributed by atoms with Crippen LogP contribution in [0.4, 0.5) is 0 Å². The van der Waals surface area contributed by atoms with Crippen LogP contribution in [0.3, 0.4) is 0 Å². The van der Waals surface area contributed by atoms with Crippen LogP contribution in [0, 0.1) is 0 Å². The molecule has 0 saturated carbocycles. The normalized spacial score (nSPS) is 11.3. The molecule has 0 bridgehead atoms. The Kier molecular flexibility index (Phi) is 4.40. The summed E-state index contributed by atoms with van der Waals surface area (Å²) in [5.41, 5.74) is 0.942. The van der Waals surface area contributed by atoms with Gasteiger partial charge in [0, 0.05) is 15.7 Å². The summed E-state index contributed by atoms with van der Waals surface area (Å²) < 4.78 is 2.14. The van der Waals surface area contributed by atoms with E-state index in [1.165, 1.54) is 11.8 Å². The van der Waals surface area contributed by atoms with Crippen LogP contribution in [0.1, 0.15) is 0 Å². The number of aromatic nitrogens is 1. The lowest BCUT2D eigenvalue weighted by molar-refractivity contribution is -0.137. The molecule has 0 spiro atoms. The lowest BCUT2D eigenvalue weighted by Gasteiger charge is -2.16. The molecule has 0 saturated heterocycles. The Balaban J connectivity index is 2.60. The van der Waals surface area contributed by atoms with Gasteiger partial charge in [0.2, 0.25) is 0 Å². The number of aliphatic carboxylic acids is 1. The van der Waals surface area contributed by atoms with Crippen molar-refractivity contribution < 1.29 is 9.90 Å². The summed E-state index contributed by atoms with van der Waals surface area (Å²) in [5.74, 6) is -0.988. The molecule has 0 aliphatic rings. The molecule has 0 unspecified atom stereocenters. The molecular formula is C16H11BrClNO3S. The fourth-order valence-corrected chi connectivity index (χ4v) is 3.75. The first-order valence-electron chi connectivity index (χ1n) is 6.64. The van der Waals surface area contributed by atoms with Gasteiger partial charge in [-0.2, -0.15) is 0 Å². The van der Waals surface area contributed by atoms with Crippen molar-refractivity contribution in [1.29, 1.82) is 0 Å². The van der Waals surface area contributed by atoms with E-state index in [1.54, 1.807) is 22.8 Å². The minimum atomic E-state index is -0.988. The van der Waals surface area contributed by atoms with Gasteiger partial charge >= 0.3 is 5.97 Å². The van der Waals surface area contributed by atoms with Crippen LogP contribution in [0.2, 0.25) is 5.02 Å². The van der Waals surface area contributed by atoms with E-state index in [0.29, 0.717) is 31.3 Å². The molecular weight excluding hydrogens is 402 g/mol. The number of thioether (sulfide) groups is 1. The third kappa shape index (κ3) is 2.75. The van der Waals surface area contributed by atoms with E-state index in [4.69, 9.17) is 11.6 Å². The zero-order valence-corrected chi connectivity index (χ0v) is 15.1. The fourth-order valence-electron chi connectivity index (χ4n) is 2.61. The first kappa shape index (κ1) is 16.4. The predicted molar refractivity (Wildman–Crippen MR) is 97.8 cm³/mol. The first-order chi connectivity index (χ1) is 10.9. The monoisotopic (exact) mass is 411 g/mol. The van der Waals surface area contributed by atoms with Crippen molar-refractivity contribution in [2.24, 2.45) is 0 Å². The average Bonchev–Trinajstić information content (AvgIpc) is 2.53. The molecule has 1 N–H and O–H groups in total. The van der Waals surface area contributed by atoms with Crippen molar-refractivity contribution in [3.05, 3.63) is 50.1 Å². The van der Waals surface area contributed by atoms with Crippen LogP contribution in [0.5, 0.6) is 0 Å². The maximum absolute atomic E-state index is 12.8. The van der Waals surface area contributed by atoms with Crippen LogP contribution in [-0.2, 0) is 11.3 Å². The molecule has 3 aromatic rings. The summed E-state index contributed by atoms with van der Waals surface area (Å²) in [6.45, 7) is -0.260. The summed E-state index contributed by atoms with van der Waals surface area (Å²) in [5, 5.41) is 10.6. The molecule has 1 heterocycles. The van der Waals surface area contributed by atoms with Gasteiger partial charge < -0.3 is 9.67 Å². The Morgan fingerprint density at radius 3 is 2.65 bits per heavy atom. The van der Waals surface area contributed by atoms with Crippen molar-refractivity contribution in [2.45, 2.75) is 11.4 Å². The topological polar surface area (TPSA) is 59.3 Å². The van der Waals surface area contributed by atoms with Gasteiger partial charge in [-0.15, -0.1) is 11.8 Å². The number of carbonyl (C=O) groups is 1. The van der Waals surface area contributed by atoms with Crippen molar-refractivity contribution in [3.63, 3.8) is 0 Å². The van der Waals surface area contributed by atoms with Crippen molar-refractivity contribution in [2.75, 3.05) is 6.26 Å². The summed E-state index contributed by atoms with van der Waals surface area (Å²) in [7, 11) is 0. The van der Waals surface area contributed by atoms with Crippen molar-refractivity contribution >= 4 is 67.1 Å². The summed E-state index contributed by atoms with van der Waals surface area (Å²) in [6.07, 6.45) is 1.93. The number of benzene rings is 2. The van der Waals surface area contributed by atoms with Crippen LogP contribution in [0.25, 0.3) is 21.8 Å². The van der Waals surface area contributed by atoms with Gasteiger partial charge in [-0.1, -0.05) is 11.6 Å². The zero-order chi connectivity index (χ0) is 16.7. The maximum Gasteiger partial charge on any atom is 0.323 e. The lowest BCUT2D eigenvalue weighted by Crippen LogP contribution is -2.16. The fraction of sp³-hybridized carbons (Fsp3) is 0.125. The molecule has 3 rings (SSSR count). The average molecular weight is 413 g/mol. The van der Waals surface area contributed by atoms with E-state index >= 15 is 0 Å². The molecule has 23 heavy (non-hydrogen) atoms. The number of fused-ring (bicyclic) bond motifs is 2. The lowest BCUT2D eigenvalue weighted by atomic mass is 10.1. The van der Waals surface area contributed by atoms with Crippen LogP contribution < -0.4 is 5.43 Å². The Morgan fingerprint density at radius 1 is 1.30 bits per heavy atom. The molecule has 0 atom stereocenters. The van der Waals surface area contributed by atoms with E-state index in [1.807, 2.05) is 18.4 Å². The smallest absolute Gasteiger partial charge is 0.323 e. The summed E-state index contributed by atoms with van der Waals surface area (Å²) >= 11 is 11.1. The van der Waals surface area contributed by atoms with Crippen LogP contribution >= 0.6 is 39.3 Å². The molecule has 1 aromatic heterocycles. The molecule has 0 amide bonds. The van der Waals surface area contributed by atoms with E-state index in [2.05, 4.69) is 15.9 Å². The second-order valence-corrected chi connectivity index (χ2v) is 7.03. The van der Waals surface area contributed by atoms with Crippen LogP contribution in [0.15, 0.2) is 44.5 Å². The zero-order valence-electron chi connectivity index (χ0n) is 12.0. The molecule has 7 heteroatoms. The Bertz CT molecular complexity index is 1020. The molecule has 118 valence electrons. The van der Waals surface area contributed by atoms with E-state index in [-0.39, 0.29) is 12.0 Å². The van der Waals surface area contributed by atoms with Crippen molar-refractivity contribution in [1.82, 2.24) is 4.57 Å². The highest BCUT2D eigenvalue weighted by atomic mass is 79.9. The van der Waals surface area contributed by atoms with Crippen LogP contribution in [-0.4, -0.2) is 21.9 Å². The Hall–Kier alpha value is -1.50. The van der Waals surface area contributed by atoms with Gasteiger partial charge in [0.05, 0.1) is 20.5 Å². The first-order valence-corrected chi connectivity index (χ1v) is 9.03. The summed E-state index contributed by atoms with van der Waals surface area (Å²) in [6, 6.07) is 8.69. The summed E-state index contributed by atoms with van der Waals surface area (Å²) in [4.78, 5) is 25.0. The minimum absolute atomic E-state index is 0.137. The molecule has 0 aliphatic heterocycles. The molecule has 0 fully saturated rings. The Morgan fingerprint density at radius 2 is 2.00 bits per heavy atom. The molecule has 2 aromatic carbocycles. The highest BCUT2D eigenvalue weighted by molar-refractivity contribution is 9.10. The van der Waals surface area contributed by atoms with Gasteiger partial charge in [-0.3, -0.25) is 9.59 Å². The highest BCUT2D eigenvalue weighted by Crippen LogP contribution is 2.32. The number of hydrogen-bond donors (Lipinski definition) is 1. The molecule has 0 radical (unpaired) electrons. The van der Waals surface area contributed by atoms with Gasteiger partial charge in [0.1, 0.15) is 6.54 Å². The van der Waals surface area contributed by atoms with E-state index in [0.717, 1.165) is 4.90 Å². The third-order valence-corrected chi connectivity index (χ3v) is 5.69. The highest BCUT2D eigenvalue weighted by Gasteiger charge is 2.17. The second-order valence-electron chi connectivity index (χ2n) is 4.95. The Labute approximate surface area is 149 Å². The number of carboxylic acid groups (broad SMARTS) is 1. The second kappa shape index (κ2) is 6.19. The quantitative estimate of drug-likeness (QED) is 0.512. The minimum Gasteiger partial charge on any atom is -0.480 e.